The van der Waals surface area contributed by atoms with E-state index in [-0.39, 0.29) is 17.8 Å². The van der Waals surface area contributed by atoms with Gasteiger partial charge in [0.1, 0.15) is 29.1 Å². The predicted molar refractivity (Wildman–Crippen MR) is 115 cm³/mol. The molecule has 0 bridgehead atoms. The van der Waals surface area contributed by atoms with Gasteiger partial charge in [-0.2, -0.15) is 18.2 Å². The van der Waals surface area contributed by atoms with Crippen molar-refractivity contribution in [1.29, 1.82) is 0 Å². The van der Waals surface area contributed by atoms with Crippen LogP contribution in [-0.4, -0.2) is 24.7 Å². The van der Waals surface area contributed by atoms with Gasteiger partial charge in [-0.05, 0) is 42.5 Å². The Balaban J connectivity index is 1.51. The summed E-state index contributed by atoms with van der Waals surface area (Å²) >= 11 is 0. The Morgan fingerprint density at radius 1 is 1.12 bits per heavy atom. The number of nitrogens with one attached hydrogen (secondary N) is 1. The third-order valence-corrected chi connectivity index (χ3v) is 5.53. The number of amidine groups is 1. The summed E-state index contributed by atoms with van der Waals surface area (Å²) in [5, 5.41) is 2.93. The van der Waals surface area contributed by atoms with E-state index in [9.17, 15) is 13.2 Å². The van der Waals surface area contributed by atoms with Gasteiger partial charge in [-0.15, -0.1) is 0 Å². The highest BCUT2D eigenvalue weighted by Gasteiger charge is 2.39. The van der Waals surface area contributed by atoms with Gasteiger partial charge in [-0.1, -0.05) is 12.1 Å². The van der Waals surface area contributed by atoms with Crippen LogP contribution in [0.4, 0.5) is 30.4 Å². The molecule has 0 fully saturated rings. The second-order valence-corrected chi connectivity index (χ2v) is 7.58. The molecule has 33 heavy (non-hydrogen) atoms. The third-order valence-electron chi connectivity index (χ3n) is 5.53. The zero-order valence-electron chi connectivity index (χ0n) is 17.4. The van der Waals surface area contributed by atoms with E-state index in [0.717, 1.165) is 11.6 Å². The molecule has 1 aromatic heterocycles. The van der Waals surface area contributed by atoms with Crippen LogP contribution in [0.5, 0.6) is 11.5 Å². The number of fused-ring (bicyclic) bond motifs is 2. The first kappa shape index (κ1) is 20.9. The molecule has 2 aromatic carbocycles. The number of rotatable bonds is 4. The van der Waals surface area contributed by atoms with Gasteiger partial charge in [0.2, 0.25) is 0 Å². The SMILES string of the molecule is COc1cccc2c1C(C1OC(N)=Nc3ccc(Nc4cccc(C(F)(F)F)n4)cc31)CO2. The molecule has 0 amide bonds. The molecule has 3 aromatic rings. The van der Waals surface area contributed by atoms with Gasteiger partial charge in [0.25, 0.3) is 6.02 Å². The molecule has 3 heterocycles. The highest BCUT2D eigenvalue weighted by molar-refractivity contribution is 5.80. The molecule has 3 N–H and O–H groups in total. The van der Waals surface area contributed by atoms with E-state index in [1.807, 2.05) is 18.2 Å². The highest BCUT2D eigenvalue weighted by Crippen LogP contribution is 2.50. The Hall–Kier alpha value is -3.95. The van der Waals surface area contributed by atoms with Crippen molar-refractivity contribution in [3.8, 4) is 11.5 Å². The Kier molecular flexibility index (Phi) is 4.99. The minimum Gasteiger partial charge on any atom is -0.496 e. The van der Waals surface area contributed by atoms with E-state index in [4.69, 9.17) is 19.9 Å². The number of nitrogens with zero attached hydrogens (tertiary/aromatic N) is 2. The summed E-state index contributed by atoms with van der Waals surface area (Å²) in [4.78, 5) is 7.93. The van der Waals surface area contributed by atoms with Gasteiger partial charge in [-0.3, -0.25) is 0 Å². The lowest BCUT2D eigenvalue weighted by atomic mass is 9.88. The summed E-state index contributed by atoms with van der Waals surface area (Å²) in [7, 11) is 1.58. The molecule has 0 spiro atoms. The van der Waals surface area contributed by atoms with E-state index >= 15 is 0 Å². The van der Waals surface area contributed by atoms with E-state index in [1.165, 1.54) is 12.1 Å². The molecule has 0 saturated carbocycles. The molecule has 170 valence electrons. The van der Waals surface area contributed by atoms with Crippen LogP contribution in [-0.2, 0) is 10.9 Å². The quantitative estimate of drug-likeness (QED) is 0.571. The van der Waals surface area contributed by atoms with Gasteiger partial charge >= 0.3 is 6.18 Å². The number of alkyl halides is 3. The first-order valence-electron chi connectivity index (χ1n) is 10.1. The maximum atomic E-state index is 13.0. The smallest absolute Gasteiger partial charge is 0.433 e. The summed E-state index contributed by atoms with van der Waals surface area (Å²) in [6.07, 6.45) is -5.07. The summed E-state index contributed by atoms with van der Waals surface area (Å²) in [5.74, 6) is 1.21. The Labute approximate surface area is 187 Å². The molecule has 10 heteroatoms. The fourth-order valence-corrected chi connectivity index (χ4v) is 4.10. The summed E-state index contributed by atoms with van der Waals surface area (Å²) in [6.45, 7) is 0.347. The molecular weight excluding hydrogens is 437 g/mol. The average molecular weight is 456 g/mol. The second kappa shape index (κ2) is 7.88. The number of nitrogens with two attached hydrogens (primary N) is 1. The first-order valence-corrected chi connectivity index (χ1v) is 10.1. The number of aromatic nitrogens is 1. The topological polar surface area (TPSA) is 91.0 Å². The lowest BCUT2D eigenvalue weighted by Crippen LogP contribution is -2.27. The molecule has 2 aliphatic rings. The number of halogens is 3. The van der Waals surface area contributed by atoms with Crippen LogP contribution in [0.2, 0.25) is 0 Å². The number of hydrogen-bond acceptors (Lipinski definition) is 7. The van der Waals surface area contributed by atoms with Crippen molar-refractivity contribution in [2.24, 2.45) is 10.7 Å². The third kappa shape index (κ3) is 3.88. The number of benzene rings is 2. The molecule has 2 aliphatic heterocycles. The van der Waals surface area contributed by atoms with Crippen LogP contribution in [0.15, 0.2) is 59.6 Å². The maximum absolute atomic E-state index is 13.0. The molecular formula is C23H19F3N4O3. The minimum absolute atomic E-state index is 0.0242. The van der Waals surface area contributed by atoms with E-state index in [2.05, 4.69) is 15.3 Å². The number of ether oxygens (including phenoxy) is 3. The zero-order chi connectivity index (χ0) is 23.2. The second-order valence-electron chi connectivity index (χ2n) is 7.58. The van der Waals surface area contributed by atoms with Crippen LogP contribution in [0.3, 0.4) is 0 Å². The van der Waals surface area contributed by atoms with Crippen molar-refractivity contribution in [2.75, 3.05) is 19.0 Å². The van der Waals surface area contributed by atoms with Crippen LogP contribution in [0.25, 0.3) is 0 Å². The van der Waals surface area contributed by atoms with Crippen molar-refractivity contribution < 1.29 is 27.4 Å². The largest absolute Gasteiger partial charge is 0.496 e. The zero-order valence-corrected chi connectivity index (χ0v) is 17.4. The van der Waals surface area contributed by atoms with Gasteiger partial charge in [0, 0.05) is 16.8 Å². The van der Waals surface area contributed by atoms with E-state index in [1.54, 1.807) is 25.3 Å². The predicted octanol–water partition coefficient (Wildman–Crippen LogP) is 5.05. The van der Waals surface area contributed by atoms with Gasteiger partial charge in [0.05, 0.1) is 25.3 Å². The number of hydrogen-bond donors (Lipinski definition) is 2. The summed E-state index contributed by atoms with van der Waals surface area (Å²) in [6, 6.07) is 14.4. The van der Waals surface area contributed by atoms with Gasteiger partial charge in [0.15, 0.2) is 0 Å². The van der Waals surface area contributed by atoms with Crippen LogP contribution >= 0.6 is 0 Å². The molecule has 5 rings (SSSR count). The average Bonchev–Trinajstić information content (AvgIpc) is 3.22. The van der Waals surface area contributed by atoms with Crippen molar-refractivity contribution in [3.63, 3.8) is 0 Å². The van der Waals surface area contributed by atoms with Gasteiger partial charge < -0.3 is 25.3 Å². The van der Waals surface area contributed by atoms with Crippen molar-refractivity contribution in [3.05, 3.63) is 71.4 Å². The Morgan fingerprint density at radius 3 is 2.73 bits per heavy atom. The summed E-state index contributed by atoms with van der Waals surface area (Å²) < 4.78 is 56.4. The Morgan fingerprint density at radius 2 is 1.94 bits per heavy atom. The van der Waals surface area contributed by atoms with Crippen LogP contribution < -0.4 is 20.5 Å². The number of aliphatic imine (C=N–C) groups is 1. The molecule has 2 unspecified atom stereocenters. The maximum Gasteiger partial charge on any atom is 0.433 e. The molecule has 0 saturated heterocycles. The molecule has 0 radical (unpaired) electrons. The van der Waals surface area contributed by atoms with E-state index in [0.29, 0.717) is 35.0 Å². The standard InChI is InChI=1S/C23H19F3N4O3/c1-31-16-4-2-5-17-20(16)14(11-32-17)21-13-10-12(8-9-15(13)29-22(27)33-21)28-19-7-3-6-18(30-19)23(24,25)26/h2-10,14,21H,11H2,1H3,(H2,27,29)(H,28,30). The van der Waals surface area contributed by atoms with Gasteiger partial charge in [-0.25, -0.2) is 4.98 Å². The normalized spacial score (nSPS) is 19.0. The lowest BCUT2D eigenvalue weighted by molar-refractivity contribution is -0.141. The number of pyridine rings is 1. The molecule has 7 nitrogen and oxygen atoms in total. The van der Waals surface area contributed by atoms with Crippen molar-refractivity contribution in [1.82, 2.24) is 4.98 Å². The molecule has 0 aliphatic carbocycles. The van der Waals surface area contributed by atoms with Crippen molar-refractivity contribution >= 4 is 23.2 Å². The summed E-state index contributed by atoms with van der Waals surface area (Å²) in [5.41, 5.74) is 7.68. The monoisotopic (exact) mass is 456 g/mol. The van der Waals surface area contributed by atoms with Crippen LogP contribution in [0.1, 0.15) is 28.8 Å². The van der Waals surface area contributed by atoms with Crippen molar-refractivity contribution in [2.45, 2.75) is 18.2 Å². The minimum atomic E-state index is -4.53. The molecule has 2 atom stereocenters. The number of methoxy groups -OCH3 is 1. The fraction of sp³-hybridized carbons (Fsp3) is 0.217. The highest BCUT2D eigenvalue weighted by atomic mass is 19.4. The first-order chi connectivity index (χ1) is 15.8. The lowest BCUT2D eigenvalue weighted by Gasteiger charge is -2.29. The Bertz CT molecular complexity index is 1250. The number of anilines is 2. The fourth-order valence-electron chi connectivity index (χ4n) is 4.10. The van der Waals surface area contributed by atoms with E-state index < -0.39 is 18.0 Å². The van der Waals surface area contributed by atoms with Crippen LogP contribution in [0, 0.1) is 0 Å².